The Bertz CT molecular complexity index is 1350. The van der Waals surface area contributed by atoms with E-state index in [9.17, 15) is 27.9 Å². The predicted molar refractivity (Wildman–Crippen MR) is 124 cm³/mol. The van der Waals surface area contributed by atoms with E-state index in [2.05, 4.69) is 9.97 Å². The molecular formula is C23H24BF3N4O5. The van der Waals surface area contributed by atoms with Gasteiger partial charge in [0.25, 0.3) is 5.56 Å². The SMILES string of the molecule is [B]c1cnc2c(c1C(O)c1ccc(C(F)(F)F)nc1)c(=O)n(CCCOC1CCCCO1)c(=O)n2C. The average molecular weight is 504 g/mol. The third-order valence-corrected chi connectivity index (χ3v) is 6.06. The molecule has 0 spiro atoms. The van der Waals surface area contributed by atoms with E-state index in [0.717, 1.165) is 46.7 Å². The molecule has 1 aliphatic heterocycles. The maximum atomic E-state index is 13.4. The van der Waals surface area contributed by atoms with Crippen LogP contribution in [0.3, 0.4) is 0 Å². The molecule has 1 aliphatic rings. The molecule has 0 amide bonds. The van der Waals surface area contributed by atoms with Crippen molar-refractivity contribution < 1.29 is 27.8 Å². The molecule has 2 unspecified atom stereocenters. The monoisotopic (exact) mass is 504 g/mol. The number of fused-ring (bicyclic) bond motifs is 1. The van der Waals surface area contributed by atoms with Crippen molar-refractivity contribution in [1.82, 2.24) is 19.1 Å². The zero-order chi connectivity index (χ0) is 26.0. The van der Waals surface area contributed by atoms with Crippen LogP contribution in [0.15, 0.2) is 34.1 Å². The summed E-state index contributed by atoms with van der Waals surface area (Å²) in [5.74, 6) is 0. The summed E-state index contributed by atoms with van der Waals surface area (Å²) >= 11 is 0. The van der Waals surface area contributed by atoms with Crippen molar-refractivity contribution in [2.75, 3.05) is 13.2 Å². The lowest BCUT2D eigenvalue weighted by atomic mass is 9.86. The lowest BCUT2D eigenvalue weighted by Crippen LogP contribution is -2.41. The summed E-state index contributed by atoms with van der Waals surface area (Å²) < 4.78 is 52.0. The first-order valence-electron chi connectivity index (χ1n) is 11.4. The summed E-state index contributed by atoms with van der Waals surface area (Å²) in [4.78, 5) is 33.7. The van der Waals surface area contributed by atoms with Gasteiger partial charge in [0.15, 0.2) is 6.29 Å². The third kappa shape index (κ3) is 5.23. The number of aryl methyl sites for hydroxylation is 1. The maximum Gasteiger partial charge on any atom is 0.433 e. The summed E-state index contributed by atoms with van der Waals surface area (Å²) in [6.45, 7) is 0.920. The number of halogens is 3. The fourth-order valence-corrected chi connectivity index (χ4v) is 4.16. The van der Waals surface area contributed by atoms with Crippen molar-refractivity contribution in [3.63, 3.8) is 0 Å². The van der Waals surface area contributed by atoms with Crippen molar-refractivity contribution in [2.24, 2.45) is 7.05 Å². The lowest BCUT2D eigenvalue weighted by Gasteiger charge is -2.22. The van der Waals surface area contributed by atoms with Gasteiger partial charge in [0.05, 0.1) is 12.0 Å². The molecule has 4 heterocycles. The Balaban J connectivity index is 1.68. The van der Waals surface area contributed by atoms with Gasteiger partial charge in [0, 0.05) is 38.2 Å². The van der Waals surface area contributed by atoms with E-state index in [1.807, 2.05) is 0 Å². The minimum Gasteiger partial charge on any atom is -0.384 e. The molecule has 0 aromatic carbocycles. The quantitative estimate of drug-likeness (QED) is 0.382. The number of pyridine rings is 2. The first kappa shape index (κ1) is 26.0. The smallest absolute Gasteiger partial charge is 0.384 e. The van der Waals surface area contributed by atoms with E-state index < -0.39 is 29.2 Å². The number of aliphatic hydroxyl groups excluding tert-OH is 1. The number of hydrogen-bond donors (Lipinski definition) is 1. The predicted octanol–water partition coefficient (Wildman–Crippen LogP) is 1.32. The summed E-state index contributed by atoms with van der Waals surface area (Å²) in [6.07, 6.45) is -1.39. The zero-order valence-corrected chi connectivity index (χ0v) is 19.5. The minimum atomic E-state index is -4.65. The first-order valence-corrected chi connectivity index (χ1v) is 11.4. The van der Waals surface area contributed by atoms with Gasteiger partial charge < -0.3 is 14.6 Å². The van der Waals surface area contributed by atoms with Gasteiger partial charge in [-0.2, -0.15) is 13.2 Å². The van der Waals surface area contributed by atoms with Crippen LogP contribution >= 0.6 is 0 Å². The molecule has 13 heteroatoms. The van der Waals surface area contributed by atoms with Crippen LogP contribution in [-0.2, 0) is 29.2 Å². The topological polar surface area (TPSA) is 108 Å². The van der Waals surface area contributed by atoms with Gasteiger partial charge in [-0.1, -0.05) is 11.5 Å². The molecule has 0 aliphatic carbocycles. The number of aliphatic hydroxyl groups is 1. The van der Waals surface area contributed by atoms with Gasteiger partial charge in [0.2, 0.25) is 0 Å². The number of aromatic nitrogens is 4. The number of hydrogen-bond acceptors (Lipinski definition) is 7. The van der Waals surface area contributed by atoms with Crippen molar-refractivity contribution in [3.8, 4) is 0 Å². The summed E-state index contributed by atoms with van der Waals surface area (Å²) in [5, 5.41) is 10.9. The summed E-state index contributed by atoms with van der Waals surface area (Å²) in [5.41, 5.74) is -2.63. The minimum absolute atomic E-state index is 0.0112. The Morgan fingerprint density at radius 3 is 2.67 bits per heavy atom. The van der Waals surface area contributed by atoms with Gasteiger partial charge in [-0.15, -0.1) is 0 Å². The fraction of sp³-hybridized carbons (Fsp3) is 0.478. The van der Waals surface area contributed by atoms with E-state index in [-0.39, 0.29) is 47.1 Å². The Morgan fingerprint density at radius 2 is 2.03 bits per heavy atom. The number of ether oxygens (including phenoxy) is 2. The molecule has 0 bridgehead atoms. The second-order valence-corrected chi connectivity index (χ2v) is 8.52. The van der Waals surface area contributed by atoms with Crippen molar-refractivity contribution in [2.45, 2.75) is 50.8 Å². The largest absolute Gasteiger partial charge is 0.433 e. The van der Waals surface area contributed by atoms with E-state index in [0.29, 0.717) is 13.0 Å². The molecule has 3 aromatic rings. The molecule has 190 valence electrons. The molecule has 0 saturated carbocycles. The van der Waals surface area contributed by atoms with E-state index in [4.69, 9.17) is 17.3 Å². The third-order valence-electron chi connectivity index (χ3n) is 6.06. The fourth-order valence-electron chi connectivity index (χ4n) is 4.16. The molecule has 2 radical (unpaired) electrons. The number of rotatable bonds is 7. The van der Waals surface area contributed by atoms with Crippen LogP contribution in [0.5, 0.6) is 0 Å². The number of alkyl halides is 3. The number of nitrogens with zero attached hydrogens (tertiary/aromatic N) is 4. The normalized spacial score (nSPS) is 17.4. The Labute approximate surface area is 204 Å². The molecule has 1 N–H and O–H groups in total. The van der Waals surface area contributed by atoms with Crippen LogP contribution < -0.4 is 16.7 Å². The van der Waals surface area contributed by atoms with Crippen LogP contribution in [0.2, 0.25) is 0 Å². The summed E-state index contributed by atoms with van der Waals surface area (Å²) in [7, 11) is 7.47. The van der Waals surface area contributed by atoms with Crippen LogP contribution in [0.25, 0.3) is 11.0 Å². The highest BCUT2D eigenvalue weighted by molar-refractivity contribution is 6.34. The van der Waals surface area contributed by atoms with Gasteiger partial charge in [-0.05, 0) is 37.3 Å². The van der Waals surface area contributed by atoms with Crippen LogP contribution in [0, 0.1) is 0 Å². The summed E-state index contributed by atoms with van der Waals surface area (Å²) in [6, 6.07) is 1.78. The molecule has 1 fully saturated rings. The molecule has 4 rings (SSSR count). The van der Waals surface area contributed by atoms with Crippen LogP contribution in [0.1, 0.15) is 48.6 Å². The van der Waals surface area contributed by atoms with Gasteiger partial charge in [-0.3, -0.25) is 18.9 Å². The van der Waals surface area contributed by atoms with Crippen LogP contribution in [-0.4, -0.2) is 51.6 Å². The lowest BCUT2D eigenvalue weighted by molar-refractivity contribution is -0.163. The molecule has 2 atom stereocenters. The Morgan fingerprint density at radius 1 is 1.25 bits per heavy atom. The van der Waals surface area contributed by atoms with E-state index in [1.54, 1.807) is 0 Å². The first-order chi connectivity index (χ1) is 17.1. The highest BCUT2D eigenvalue weighted by atomic mass is 19.4. The zero-order valence-electron chi connectivity index (χ0n) is 19.5. The Hall–Kier alpha value is -3.03. The van der Waals surface area contributed by atoms with Crippen LogP contribution in [0.4, 0.5) is 13.2 Å². The second kappa shape index (κ2) is 10.5. The second-order valence-electron chi connectivity index (χ2n) is 8.52. The standard InChI is InChI=1S/C23H24BF3N4O5/c1-30-20-18(21(33)31(22(30)34)8-4-10-36-16-5-2-3-9-35-16)17(14(24)12-29-20)19(32)13-6-7-15(28-11-13)23(25,26)27/h6-7,11-12,16,19,32H,2-5,8-10H2,1H3. The molecular weight excluding hydrogens is 480 g/mol. The van der Waals surface area contributed by atoms with E-state index in [1.165, 1.54) is 13.2 Å². The Kier molecular flexibility index (Phi) is 7.62. The molecule has 1 saturated heterocycles. The van der Waals surface area contributed by atoms with E-state index >= 15 is 0 Å². The molecule has 36 heavy (non-hydrogen) atoms. The average Bonchev–Trinajstić information content (AvgIpc) is 2.86. The maximum absolute atomic E-state index is 13.4. The van der Waals surface area contributed by atoms with Crippen molar-refractivity contribution >= 4 is 24.3 Å². The van der Waals surface area contributed by atoms with Crippen molar-refractivity contribution in [1.29, 1.82) is 0 Å². The highest BCUT2D eigenvalue weighted by Gasteiger charge is 2.32. The van der Waals surface area contributed by atoms with Crippen molar-refractivity contribution in [3.05, 3.63) is 62.2 Å². The van der Waals surface area contributed by atoms with Gasteiger partial charge in [0.1, 0.15) is 25.3 Å². The van der Waals surface area contributed by atoms with Gasteiger partial charge in [-0.25, -0.2) is 9.78 Å². The molecule has 3 aromatic heterocycles. The molecule has 9 nitrogen and oxygen atoms in total. The highest BCUT2D eigenvalue weighted by Crippen LogP contribution is 2.29. The van der Waals surface area contributed by atoms with Gasteiger partial charge >= 0.3 is 11.9 Å².